The lowest BCUT2D eigenvalue weighted by Gasteiger charge is -2.38. The van der Waals surface area contributed by atoms with Crippen molar-refractivity contribution in [1.82, 2.24) is 4.98 Å². The Labute approximate surface area is 110 Å². The Kier molecular flexibility index (Phi) is 2.89. The number of carboxylic acid groups (broad SMARTS) is 1. The van der Waals surface area contributed by atoms with Gasteiger partial charge in [-0.1, -0.05) is 6.92 Å². The van der Waals surface area contributed by atoms with Crippen LogP contribution in [0.3, 0.4) is 0 Å². The second-order valence-electron chi connectivity index (χ2n) is 5.06. The van der Waals surface area contributed by atoms with Gasteiger partial charge in [0.1, 0.15) is 17.4 Å². The van der Waals surface area contributed by atoms with Gasteiger partial charge in [0.15, 0.2) is 0 Å². The maximum Gasteiger partial charge on any atom is 0.326 e. The maximum atomic E-state index is 11.5. The van der Waals surface area contributed by atoms with Crippen LogP contribution in [0, 0.1) is 5.92 Å². The van der Waals surface area contributed by atoms with Crippen LogP contribution < -0.4 is 4.90 Å². The summed E-state index contributed by atoms with van der Waals surface area (Å²) in [4.78, 5) is 17.8. The standard InChI is InChI=1S/C14H16N2O3/c1-9-3-2-7-16(12(9)14(17)18)13-10-5-8-19-11(10)4-6-15-13/h4-6,8-9,12H,2-3,7H2,1H3,(H,17,18). The Hall–Kier alpha value is -2.04. The number of carboxylic acids is 1. The van der Waals surface area contributed by atoms with Crippen LogP contribution in [-0.4, -0.2) is 28.6 Å². The fourth-order valence-corrected chi connectivity index (χ4v) is 2.91. The molecule has 0 saturated carbocycles. The second-order valence-corrected chi connectivity index (χ2v) is 5.06. The fourth-order valence-electron chi connectivity index (χ4n) is 2.91. The molecule has 0 radical (unpaired) electrons. The minimum atomic E-state index is -0.783. The van der Waals surface area contributed by atoms with Gasteiger partial charge in [-0.2, -0.15) is 0 Å². The number of aromatic nitrogens is 1. The molecule has 3 heterocycles. The van der Waals surface area contributed by atoms with Gasteiger partial charge in [-0.3, -0.25) is 0 Å². The Balaban J connectivity index is 2.08. The minimum Gasteiger partial charge on any atom is -0.480 e. The van der Waals surface area contributed by atoms with Gasteiger partial charge >= 0.3 is 5.97 Å². The lowest BCUT2D eigenvalue weighted by atomic mass is 9.90. The number of anilines is 1. The van der Waals surface area contributed by atoms with Crippen LogP contribution in [-0.2, 0) is 4.79 Å². The van der Waals surface area contributed by atoms with E-state index >= 15 is 0 Å². The number of hydrogen-bond donors (Lipinski definition) is 1. The van der Waals surface area contributed by atoms with Crippen LogP contribution in [0.4, 0.5) is 5.82 Å². The second kappa shape index (κ2) is 4.57. The van der Waals surface area contributed by atoms with Gasteiger partial charge in [-0.15, -0.1) is 0 Å². The van der Waals surface area contributed by atoms with E-state index in [0.29, 0.717) is 5.82 Å². The van der Waals surface area contributed by atoms with Crippen LogP contribution >= 0.6 is 0 Å². The average Bonchev–Trinajstić information content (AvgIpc) is 2.85. The van der Waals surface area contributed by atoms with E-state index in [1.54, 1.807) is 18.5 Å². The molecule has 19 heavy (non-hydrogen) atoms. The van der Waals surface area contributed by atoms with Gasteiger partial charge in [0.25, 0.3) is 0 Å². The van der Waals surface area contributed by atoms with Gasteiger partial charge in [0, 0.05) is 12.7 Å². The van der Waals surface area contributed by atoms with Crippen LogP contribution in [0.1, 0.15) is 19.8 Å². The smallest absolute Gasteiger partial charge is 0.326 e. The molecule has 2 unspecified atom stereocenters. The summed E-state index contributed by atoms with van der Waals surface area (Å²) in [6.07, 6.45) is 5.20. The van der Waals surface area contributed by atoms with Crippen molar-refractivity contribution in [2.45, 2.75) is 25.8 Å². The van der Waals surface area contributed by atoms with E-state index in [9.17, 15) is 9.90 Å². The summed E-state index contributed by atoms with van der Waals surface area (Å²) < 4.78 is 5.36. The molecule has 100 valence electrons. The molecule has 5 nitrogen and oxygen atoms in total. The number of nitrogens with zero attached hydrogens (tertiary/aromatic N) is 2. The highest BCUT2D eigenvalue weighted by Gasteiger charge is 2.35. The number of hydrogen-bond acceptors (Lipinski definition) is 4. The van der Waals surface area contributed by atoms with Crippen molar-refractivity contribution >= 4 is 22.8 Å². The average molecular weight is 260 g/mol. The van der Waals surface area contributed by atoms with Gasteiger partial charge in [-0.25, -0.2) is 9.78 Å². The van der Waals surface area contributed by atoms with E-state index < -0.39 is 12.0 Å². The zero-order valence-electron chi connectivity index (χ0n) is 10.7. The molecular formula is C14H16N2O3. The lowest BCUT2D eigenvalue weighted by molar-refractivity contribution is -0.140. The lowest BCUT2D eigenvalue weighted by Crippen LogP contribution is -2.49. The molecule has 0 spiro atoms. The summed E-state index contributed by atoms with van der Waals surface area (Å²) in [6.45, 7) is 2.71. The van der Waals surface area contributed by atoms with Crippen molar-refractivity contribution in [2.75, 3.05) is 11.4 Å². The van der Waals surface area contributed by atoms with Crippen LogP contribution in [0.15, 0.2) is 29.0 Å². The van der Waals surface area contributed by atoms with Crippen molar-refractivity contribution in [2.24, 2.45) is 5.92 Å². The molecule has 1 aliphatic heterocycles. The first-order valence-electron chi connectivity index (χ1n) is 6.50. The van der Waals surface area contributed by atoms with Crippen molar-refractivity contribution < 1.29 is 14.3 Å². The molecule has 5 heteroatoms. The number of aliphatic carboxylic acids is 1. The van der Waals surface area contributed by atoms with Crippen LogP contribution in [0.25, 0.3) is 11.0 Å². The fraction of sp³-hybridized carbons (Fsp3) is 0.429. The quantitative estimate of drug-likeness (QED) is 0.898. The van der Waals surface area contributed by atoms with Crippen molar-refractivity contribution in [3.05, 3.63) is 24.6 Å². The molecule has 0 bridgehead atoms. The van der Waals surface area contributed by atoms with E-state index in [1.165, 1.54) is 0 Å². The normalized spacial score (nSPS) is 23.7. The number of furan rings is 1. The highest BCUT2D eigenvalue weighted by molar-refractivity contribution is 5.91. The molecule has 0 amide bonds. The topological polar surface area (TPSA) is 66.6 Å². The van der Waals surface area contributed by atoms with Crippen molar-refractivity contribution in [1.29, 1.82) is 0 Å². The Morgan fingerprint density at radius 3 is 3.16 bits per heavy atom. The Bertz CT molecular complexity index is 608. The molecule has 1 N–H and O–H groups in total. The van der Waals surface area contributed by atoms with Gasteiger partial charge in [-0.05, 0) is 30.9 Å². The Morgan fingerprint density at radius 2 is 2.37 bits per heavy atom. The Morgan fingerprint density at radius 1 is 1.53 bits per heavy atom. The summed E-state index contributed by atoms with van der Waals surface area (Å²) in [6, 6.07) is 3.12. The molecule has 2 atom stereocenters. The van der Waals surface area contributed by atoms with E-state index in [0.717, 1.165) is 30.4 Å². The van der Waals surface area contributed by atoms with E-state index in [1.807, 2.05) is 17.9 Å². The van der Waals surface area contributed by atoms with Crippen molar-refractivity contribution in [3.63, 3.8) is 0 Å². The summed E-state index contributed by atoms with van der Waals surface area (Å²) in [5.74, 6) is 0.0508. The zero-order valence-corrected chi connectivity index (χ0v) is 10.7. The molecule has 1 saturated heterocycles. The summed E-state index contributed by atoms with van der Waals surface area (Å²) in [5.41, 5.74) is 0.743. The monoisotopic (exact) mass is 260 g/mol. The van der Waals surface area contributed by atoms with Gasteiger partial charge < -0.3 is 14.4 Å². The first-order chi connectivity index (χ1) is 9.18. The van der Waals surface area contributed by atoms with E-state index in [-0.39, 0.29) is 5.92 Å². The van der Waals surface area contributed by atoms with Crippen LogP contribution in [0.5, 0.6) is 0 Å². The number of fused-ring (bicyclic) bond motifs is 1. The molecule has 2 aromatic heterocycles. The highest BCUT2D eigenvalue weighted by atomic mass is 16.4. The number of pyridine rings is 1. The molecule has 1 aliphatic rings. The first-order valence-corrected chi connectivity index (χ1v) is 6.50. The maximum absolute atomic E-state index is 11.5. The highest BCUT2D eigenvalue weighted by Crippen LogP contribution is 2.32. The summed E-state index contributed by atoms with van der Waals surface area (Å²) in [5, 5.41) is 10.3. The van der Waals surface area contributed by atoms with E-state index in [4.69, 9.17) is 4.42 Å². The SMILES string of the molecule is CC1CCCN(c2nccc3occc23)C1C(=O)O. The van der Waals surface area contributed by atoms with Crippen molar-refractivity contribution in [3.8, 4) is 0 Å². The predicted octanol–water partition coefficient (Wildman–Crippen LogP) is 2.52. The number of rotatable bonds is 2. The summed E-state index contributed by atoms with van der Waals surface area (Å²) >= 11 is 0. The molecule has 3 rings (SSSR count). The summed E-state index contributed by atoms with van der Waals surface area (Å²) in [7, 11) is 0. The zero-order chi connectivity index (χ0) is 13.4. The largest absolute Gasteiger partial charge is 0.480 e. The van der Waals surface area contributed by atoms with Gasteiger partial charge in [0.2, 0.25) is 0 Å². The minimum absolute atomic E-state index is 0.121. The number of carbonyl (C=O) groups is 1. The third-order valence-electron chi connectivity index (χ3n) is 3.82. The van der Waals surface area contributed by atoms with E-state index in [2.05, 4.69) is 4.98 Å². The first kappa shape index (κ1) is 12.0. The molecule has 1 fully saturated rings. The third kappa shape index (κ3) is 1.95. The molecule has 2 aromatic rings. The molecule has 0 aliphatic carbocycles. The number of piperidine rings is 1. The predicted molar refractivity (Wildman–Crippen MR) is 71.2 cm³/mol. The van der Waals surface area contributed by atoms with Crippen LogP contribution in [0.2, 0.25) is 0 Å². The molecule has 0 aromatic carbocycles. The molecular weight excluding hydrogens is 244 g/mol. The third-order valence-corrected chi connectivity index (χ3v) is 3.82. The van der Waals surface area contributed by atoms with Gasteiger partial charge in [0.05, 0.1) is 11.6 Å².